The Morgan fingerprint density at radius 1 is 0.952 bits per heavy atom. The highest BCUT2D eigenvalue weighted by atomic mass is 16.3. The molecule has 5 aromatic rings. The average Bonchev–Trinajstić information content (AvgIpc) is 3.20. The highest BCUT2D eigenvalue weighted by molar-refractivity contribution is 5.90. The van der Waals surface area contributed by atoms with E-state index in [0.717, 1.165) is 27.9 Å². The SMILES string of the molecule is c1ccc(-c2cc3c(cc4c5nncn5ncn34)o2)cc1. The number of rotatable bonds is 1. The van der Waals surface area contributed by atoms with Gasteiger partial charge in [0.1, 0.15) is 18.4 Å². The molecule has 0 radical (unpaired) electrons. The normalized spacial score (nSPS) is 11.8. The fraction of sp³-hybridized carbons (Fsp3) is 0. The lowest BCUT2D eigenvalue weighted by atomic mass is 10.2. The van der Waals surface area contributed by atoms with Crippen LogP contribution in [0.4, 0.5) is 0 Å². The van der Waals surface area contributed by atoms with Crippen molar-refractivity contribution in [3.05, 3.63) is 55.1 Å². The number of hydrogen-bond donors (Lipinski definition) is 0. The first-order valence-electron chi connectivity index (χ1n) is 6.55. The lowest BCUT2D eigenvalue weighted by Crippen LogP contribution is -1.95. The van der Waals surface area contributed by atoms with Gasteiger partial charge in [-0.25, -0.2) is 0 Å². The Bertz CT molecular complexity index is 1090. The Morgan fingerprint density at radius 2 is 1.86 bits per heavy atom. The molecule has 6 nitrogen and oxygen atoms in total. The average molecular weight is 275 g/mol. The van der Waals surface area contributed by atoms with Gasteiger partial charge in [-0.3, -0.25) is 4.40 Å². The summed E-state index contributed by atoms with van der Waals surface area (Å²) in [6, 6.07) is 14.0. The molecule has 100 valence electrons. The molecule has 5 rings (SSSR count). The molecule has 0 unspecified atom stereocenters. The third-order valence-electron chi connectivity index (χ3n) is 3.64. The number of benzene rings is 1. The van der Waals surface area contributed by atoms with Crippen LogP contribution >= 0.6 is 0 Å². The second kappa shape index (κ2) is 3.69. The summed E-state index contributed by atoms with van der Waals surface area (Å²) in [4.78, 5) is 0. The Balaban J connectivity index is 1.84. The molecular formula is C15H9N5O. The van der Waals surface area contributed by atoms with Crippen LogP contribution in [0.5, 0.6) is 0 Å². The zero-order valence-corrected chi connectivity index (χ0v) is 10.8. The molecule has 0 N–H and O–H groups in total. The molecule has 4 aromatic heterocycles. The predicted octanol–water partition coefficient (Wildman–Crippen LogP) is 2.79. The standard InChI is InChI=1S/C15H9N5O/c1-2-4-10(5-3-1)13-6-11-14(21-13)7-12-15-18-16-8-20(15)17-9-19(11)12/h1-9H. The Morgan fingerprint density at radius 3 is 2.76 bits per heavy atom. The summed E-state index contributed by atoms with van der Waals surface area (Å²) >= 11 is 0. The molecule has 21 heavy (non-hydrogen) atoms. The fourth-order valence-electron chi connectivity index (χ4n) is 2.64. The highest BCUT2D eigenvalue weighted by Gasteiger charge is 2.13. The van der Waals surface area contributed by atoms with Gasteiger partial charge in [0.2, 0.25) is 5.65 Å². The van der Waals surface area contributed by atoms with E-state index in [2.05, 4.69) is 15.3 Å². The second-order valence-electron chi connectivity index (χ2n) is 4.86. The van der Waals surface area contributed by atoms with Crippen molar-refractivity contribution in [2.45, 2.75) is 0 Å². The summed E-state index contributed by atoms with van der Waals surface area (Å²) in [7, 11) is 0. The van der Waals surface area contributed by atoms with Crippen LogP contribution in [-0.4, -0.2) is 24.2 Å². The van der Waals surface area contributed by atoms with Gasteiger partial charge in [-0.05, 0) is 0 Å². The molecule has 0 saturated carbocycles. The van der Waals surface area contributed by atoms with E-state index >= 15 is 0 Å². The summed E-state index contributed by atoms with van der Waals surface area (Å²) in [6.07, 6.45) is 3.33. The molecule has 1 aromatic carbocycles. The van der Waals surface area contributed by atoms with Crippen LogP contribution < -0.4 is 0 Å². The molecule has 4 heterocycles. The molecule has 6 heteroatoms. The van der Waals surface area contributed by atoms with Crippen LogP contribution in [0, 0.1) is 0 Å². The number of furan rings is 1. The van der Waals surface area contributed by atoms with Crippen LogP contribution in [0.25, 0.3) is 33.6 Å². The predicted molar refractivity (Wildman–Crippen MR) is 76.9 cm³/mol. The third-order valence-corrected chi connectivity index (χ3v) is 3.64. The lowest BCUT2D eigenvalue weighted by molar-refractivity contribution is 0.632. The minimum Gasteiger partial charge on any atom is -0.454 e. The maximum absolute atomic E-state index is 5.96. The van der Waals surface area contributed by atoms with Crippen molar-refractivity contribution >= 4 is 22.3 Å². The monoisotopic (exact) mass is 275 g/mol. The van der Waals surface area contributed by atoms with Gasteiger partial charge in [-0.1, -0.05) is 30.3 Å². The third kappa shape index (κ3) is 1.38. The van der Waals surface area contributed by atoms with Crippen LogP contribution in [0.1, 0.15) is 0 Å². The number of nitrogens with zero attached hydrogens (tertiary/aromatic N) is 5. The first kappa shape index (κ1) is 10.6. The molecule has 0 atom stereocenters. The van der Waals surface area contributed by atoms with Crippen molar-refractivity contribution in [3.63, 3.8) is 0 Å². The molecule has 0 fully saturated rings. The van der Waals surface area contributed by atoms with Gasteiger partial charge in [0.05, 0.1) is 11.0 Å². The molecule has 0 bridgehead atoms. The lowest BCUT2D eigenvalue weighted by Gasteiger charge is -1.96. The van der Waals surface area contributed by atoms with Gasteiger partial charge in [0.25, 0.3) is 0 Å². The number of aromatic nitrogens is 5. The topological polar surface area (TPSA) is 60.6 Å². The van der Waals surface area contributed by atoms with E-state index in [-0.39, 0.29) is 0 Å². The fourth-order valence-corrected chi connectivity index (χ4v) is 2.64. The minimum absolute atomic E-state index is 0.713. The Kier molecular flexibility index (Phi) is 1.87. The van der Waals surface area contributed by atoms with Crippen LogP contribution in [0.15, 0.2) is 59.5 Å². The summed E-state index contributed by atoms with van der Waals surface area (Å²) in [6.45, 7) is 0. The van der Waals surface area contributed by atoms with E-state index in [0.29, 0.717) is 5.65 Å². The summed E-state index contributed by atoms with van der Waals surface area (Å²) < 4.78 is 9.57. The van der Waals surface area contributed by atoms with E-state index in [9.17, 15) is 0 Å². The first-order valence-corrected chi connectivity index (χ1v) is 6.55. The van der Waals surface area contributed by atoms with E-state index in [1.54, 1.807) is 17.2 Å². The molecule has 0 spiro atoms. The smallest absolute Gasteiger partial charge is 0.201 e. The zero-order chi connectivity index (χ0) is 13.8. The molecular weight excluding hydrogens is 266 g/mol. The molecule has 0 aliphatic carbocycles. The van der Waals surface area contributed by atoms with Crippen molar-refractivity contribution in [2.24, 2.45) is 0 Å². The van der Waals surface area contributed by atoms with Gasteiger partial charge in [0.15, 0.2) is 5.58 Å². The number of fused-ring (bicyclic) bond motifs is 5. The molecule has 0 amide bonds. The second-order valence-corrected chi connectivity index (χ2v) is 4.86. The maximum atomic E-state index is 5.96. The Hall–Kier alpha value is -3.15. The maximum Gasteiger partial charge on any atom is 0.201 e. The van der Waals surface area contributed by atoms with E-state index < -0.39 is 0 Å². The van der Waals surface area contributed by atoms with Gasteiger partial charge in [-0.15, -0.1) is 10.2 Å². The largest absolute Gasteiger partial charge is 0.454 e. The van der Waals surface area contributed by atoms with Crippen molar-refractivity contribution in [1.29, 1.82) is 0 Å². The van der Waals surface area contributed by atoms with Crippen molar-refractivity contribution < 1.29 is 4.42 Å². The van der Waals surface area contributed by atoms with E-state index in [1.165, 1.54) is 0 Å². The first-order chi connectivity index (χ1) is 10.4. The van der Waals surface area contributed by atoms with Gasteiger partial charge >= 0.3 is 0 Å². The number of hydrogen-bond acceptors (Lipinski definition) is 4. The molecule has 0 saturated heterocycles. The van der Waals surface area contributed by atoms with Gasteiger partial charge in [0, 0.05) is 17.7 Å². The van der Waals surface area contributed by atoms with Crippen LogP contribution in [0.2, 0.25) is 0 Å². The summed E-state index contributed by atoms with van der Waals surface area (Å²) in [5.41, 5.74) is 4.48. The van der Waals surface area contributed by atoms with Gasteiger partial charge < -0.3 is 4.42 Å². The van der Waals surface area contributed by atoms with Crippen molar-refractivity contribution in [1.82, 2.24) is 24.2 Å². The quantitative estimate of drug-likeness (QED) is 0.472. The molecule has 0 aliphatic rings. The molecule has 0 aliphatic heterocycles. The van der Waals surface area contributed by atoms with Crippen molar-refractivity contribution in [2.75, 3.05) is 0 Å². The zero-order valence-electron chi connectivity index (χ0n) is 10.8. The van der Waals surface area contributed by atoms with Gasteiger partial charge in [-0.2, -0.15) is 9.61 Å². The minimum atomic E-state index is 0.713. The summed E-state index contributed by atoms with van der Waals surface area (Å²) in [5, 5.41) is 12.3. The highest BCUT2D eigenvalue weighted by Crippen LogP contribution is 2.30. The van der Waals surface area contributed by atoms with Crippen molar-refractivity contribution in [3.8, 4) is 11.3 Å². The van der Waals surface area contributed by atoms with E-state index in [4.69, 9.17) is 4.42 Å². The van der Waals surface area contributed by atoms with E-state index in [1.807, 2.05) is 46.9 Å². The Labute approximate surface area is 118 Å². The summed E-state index contributed by atoms with van der Waals surface area (Å²) in [5.74, 6) is 0.844. The van der Waals surface area contributed by atoms with Crippen LogP contribution in [0.3, 0.4) is 0 Å². The van der Waals surface area contributed by atoms with Crippen LogP contribution in [-0.2, 0) is 0 Å².